The SMILES string of the molecule is Cc1ccc(Sc2ccc(C3Nc4ccccc4C(=O)N3c3ccc(F)cc3)cc2[N+](=O)[O-])cc1. The highest BCUT2D eigenvalue weighted by molar-refractivity contribution is 7.99. The van der Waals surface area contributed by atoms with Crippen molar-refractivity contribution in [3.8, 4) is 0 Å². The Morgan fingerprint density at radius 2 is 1.69 bits per heavy atom. The monoisotopic (exact) mass is 485 g/mol. The van der Waals surface area contributed by atoms with Crippen LogP contribution < -0.4 is 10.2 Å². The number of carbonyl (C=O) groups is 1. The summed E-state index contributed by atoms with van der Waals surface area (Å²) in [6.07, 6.45) is -0.722. The largest absolute Gasteiger partial charge is 0.360 e. The van der Waals surface area contributed by atoms with Crippen molar-refractivity contribution in [2.75, 3.05) is 10.2 Å². The van der Waals surface area contributed by atoms with Crippen molar-refractivity contribution in [3.05, 3.63) is 124 Å². The van der Waals surface area contributed by atoms with E-state index in [0.29, 0.717) is 27.4 Å². The number of hydrogen-bond acceptors (Lipinski definition) is 5. The van der Waals surface area contributed by atoms with E-state index >= 15 is 0 Å². The number of nitrogens with one attached hydrogen (secondary N) is 1. The van der Waals surface area contributed by atoms with E-state index in [4.69, 9.17) is 0 Å². The van der Waals surface area contributed by atoms with Crippen molar-refractivity contribution >= 4 is 34.7 Å². The molecule has 1 amide bonds. The first kappa shape index (κ1) is 22.6. The summed E-state index contributed by atoms with van der Waals surface area (Å²) >= 11 is 1.31. The van der Waals surface area contributed by atoms with Gasteiger partial charge in [0.2, 0.25) is 0 Å². The molecule has 174 valence electrons. The molecule has 35 heavy (non-hydrogen) atoms. The maximum Gasteiger partial charge on any atom is 0.283 e. The summed E-state index contributed by atoms with van der Waals surface area (Å²) in [6, 6.07) is 25.4. The Balaban J connectivity index is 1.58. The summed E-state index contributed by atoms with van der Waals surface area (Å²) < 4.78 is 13.6. The molecule has 6 nitrogen and oxygen atoms in total. The van der Waals surface area contributed by atoms with E-state index in [1.165, 1.54) is 47.0 Å². The van der Waals surface area contributed by atoms with Gasteiger partial charge in [0.05, 0.1) is 15.4 Å². The topological polar surface area (TPSA) is 75.5 Å². The Hall–Kier alpha value is -4.17. The highest BCUT2D eigenvalue weighted by Gasteiger charge is 2.35. The standard InChI is InChI=1S/C27H20FN3O3S/c1-17-6-13-21(14-7-17)35-25-15-8-18(16-24(25)31(33)34)26-29-23-5-3-2-4-22(23)27(32)30(26)20-11-9-19(28)10-12-20/h2-16,26,29H,1H3. The molecule has 1 N–H and O–H groups in total. The van der Waals surface area contributed by atoms with E-state index in [2.05, 4.69) is 5.32 Å². The van der Waals surface area contributed by atoms with Gasteiger partial charge in [-0.15, -0.1) is 0 Å². The number of para-hydroxylation sites is 1. The van der Waals surface area contributed by atoms with Crippen LogP contribution in [0.15, 0.2) is 101 Å². The summed E-state index contributed by atoms with van der Waals surface area (Å²) in [5.41, 5.74) is 3.16. The van der Waals surface area contributed by atoms with Crippen molar-refractivity contribution in [2.45, 2.75) is 22.9 Å². The minimum atomic E-state index is -0.722. The number of nitrogens with zero attached hydrogens (tertiary/aromatic N) is 2. The van der Waals surface area contributed by atoms with E-state index in [0.717, 1.165) is 10.5 Å². The van der Waals surface area contributed by atoms with Gasteiger partial charge in [-0.25, -0.2) is 4.39 Å². The maximum absolute atomic E-state index is 13.6. The molecule has 1 aliphatic heterocycles. The van der Waals surface area contributed by atoms with Gasteiger partial charge in [-0.2, -0.15) is 0 Å². The molecule has 1 aliphatic rings. The van der Waals surface area contributed by atoms with Crippen molar-refractivity contribution in [1.82, 2.24) is 0 Å². The Bertz CT molecular complexity index is 1420. The zero-order valence-corrected chi connectivity index (χ0v) is 19.5. The van der Waals surface area contributed by atoms with Crippen molar-refractivity contribution in [2.24, 2.45) is 0 Å². The highest BCUT2D eigenvalue weighted by Crippen LogP contribution is 2.41. The Morgan fingerprint density at radius 3 is 2.40 bits per heavy atom. The van der Waals surface area contributed by atoms with E-state index < -0.39 is 16.9 Å². The molecule has 1 heterocycles. The number of anilines is 2. The second kappa shape index (κ2) is 9.23. The molecule has 1 unspecified atom stereocenters. The highest BCUT2D eigenvalue weighted by atomic mass is 32.2. The van der Waals surface area contributed by atoms with Crippen LogP contribution in [-0.4, -0.2) is 10.8 Å². The molecule has 0 saturated carbocycles. The van der Waals surface area contributed by atoms with Crippen molar-refractivity contribution < 1.29 is 14.1 Å². The second-order valence-corrected chi connectivity index (χ2v) is 9.26. The van der Waals surface area contributed by atoms with Crippen molar-refractivity contribution in [3.63, 3.8) is 0 Å². The average Bonchev–Trinajstić information content (AvgIpc) is 2.86. The fourth-order valence-corrected chi connectivity index (χ4v) is 4.92. The first-order valence-electron chi connectivity index (χ1n) is 10.9. The van der Waals surface area contributed by atoms with Gasteiger partial charge in [-0.3, -0.25) is 19.8 Å². The third kappa shape index (κ3) is 4.48. The summed E-state index contributed by atoms with van der Waals surface area (Å²) in [5.74, 6) is -0.701. The number of benzene rings is 4. The Morgan fingerprint density at radius 1 is 0.971 bits per heavy atom. The molecule has 0 bridgehead atoms. The fraction of sp³-hybridized carbons (Fsp3) is 0.0741. The van der Waals surface area contributed by atoms with Crippen LogP contribution in [0, 0.1) is 22.9 Å². The molecule has 4 aromatic carbocycles. The quantitative estimate of drug-likeness (QED) is 0.244. The lowest BCUT2D eigenvalue weighted by molar-refractivity contribution is -0.387. The average molecular weight is 486 g/mol. The van der Waals surface area contributed by atoms with Crippen LogP contribution in [0.5, 0.6) is 0 Å². The molecule has 0 radical (unpaired) electrons. The van der Waals surface area contributed by atoms with E-state index in [1.54, 1.807) is 30.3 Å². The van der Waals surface area contributed by atoms with E-state index in [1.807, 2.05) is 37.3 Å². The number of rotatable bonds is 5. The van der Waals surface area contributed by atoms with E-state index in [9.17, 15) is 19.3 Å². The van der Waals surface area contributed by atoms with Gasteiger partial charge in [0.1, 0.15) is 12.0 Å². The second-order valence-electron chi connectivity index (χ2n) is 8.14. The number of halogens is 1. The molecular weight excluding hydrogens is 465 g/mol. The number of nitro groups is 1. The first-order valence-corrected chi connectivity index (χ1v) is 11.7. The lowest BCUT2D eigenvalue weighted by Gasteiger charge is -2.38. The third-order valence-corrected chi connectivity index (χ3v) is 6.85. The smallest absolute Gasteiger partial charge is 0.283 e. The van der Waals surface area contributed by atoms with Gasteiger partial charge in [0, 0.05) is 27.9 Å². The van der Waals surface area contributed by atoms with Gasteiger partial charge >= 0.3 is 0 Å². The molecule has 8 heteroatoms. The maximum atomic E-state index is 13.6. The number of fused-ring (bicyclic) bond motifs is 1. The lowest BCUT2D eigenvalue weighted by atomic mass is 10.0. The van der Waals surface area contributed by atoms with Gasteiger partial charge in [-0.1, -0.05) is 47.7 Å². The first-order chi connectivity index (χ1) is 16.9. The van der Waals surface area contributed by atoms with Crippen molar-refractivity contribution in [1.29, 1.82) is 0 Å². The minimum absolute atomic E-state index is 0.0553. The number of hydrogen-bond donors (Lipinski definition) is 1. The molecule has 0 spiro atoms. The minimum Gasteiger partial charge on any atom is -0.360 e. The predicted molar refractivity (Wildman–Crippen MR) is 134 cm³/mol. The van der Waals surface area contributed by atoms with Crippen LogP contribution in [0.25, 0.3) is 0 Å². The zero-order chi connectivity index (χ0) is 24.5. The zero-order valence-electron chi connectivity index (χ0n) is 18.6. The van der Waals surface area contributed by atoms with Crippen LogP contribution in [0.4, 0.5) is 21.5 Å². The van der Waals surface area contributed by atoms with Gasteiger partial charge in [0.25, 0.3) is 11.6 Å². The summed E-state index contributed by atoms with van der Waals surface area (Å²) in [5, 5.41) is 15.3. The van der Waals surface area contributed by atoms with Gasteiger partial charge in [-0.05, 0) is 61.5 Å². The lowest BCUT2D eigenvalue weighted by Crippen LogP contribution is -2.43. The molecule has 5 rings (SSSR count). The third-order valence-electron chi connectivity index (χ3n) is 5.78. The Kier molecular flexibility index (Phi) is 5.96. The fourth-order valence-electron chi connectivity index (χ4n) is 4.02. The molecule has 1 atom stereocenters. The number of aryl methyl sites for hydroxylation is 1. The normalized spacial score (nSPS) is 14.9. The molecule has 4 aromatic rings. The predicted octanol–water partition coefficient (Wildman–Crippen LogP) is 6.96. The van der Waals surface area contributed by atoms with Crippen LogP contribution in [0.1, 0.15) is 27.7 Å². The van der Waals surface area contributed by atoms with Crippen LogP contribution in [0.3, 0.4) is 0 Å². The number of carbonyl (C=O) groups excluding carboxylic acids is 1. The van der Waals surface area contributed by atoms with Gasteiger partial charge in [0.15, 0.2) is 0 Å². The van der Waals surface area contributed by atoms with Gasteiger partial charge < -0.3 is 5.32 Å². The number of nitro benzene ring substituents is 1. The van der Waals surface area contributed by atoms with E-state index in [-0.39, 0.29) is 11.6 Å². The van der Waals surface area contributed by atoms with Crippen LogP contribution in [-0.2, 0) is 0 Å². The van der Waals surface area contributed by atoms with Crippen LogP contribution in [0.2, 0.25) is 0 Å². The molecule has 0 saturated heterocycles. The molecule has 0 fully saturated rings. The molecular formula is C27H20FN3O3S. The Labute approximate surface area is 205 Å². The summed E-state index contributed by atoms with van der Waals surface area (Å²) in [4.78, 5) is 28.0. The molecule has 0 aliphatic carbocycles. The number of amides is 1. The molecule has 0 aromatic heterocycles. The summed E-state index contributed by atoms with van der Waals surface area (Å²) in [7, 11) is 0. The van der Waals surface area contributed by atoms with Crippen LogP contribution >= 0.6 is 11.8 Å². The summed E-state index contributed by atoms with van der Waals surface area (Å²) in [6.45, 7) is 1.98.